The normalized spacial score (nSPS) is 7.78. The lowest BCUT2D eigenvalue weighted by atomic mass is 10.1. The molecule has 0 aromatic carbocycles. The molecule has 2 heteroatoms. The van der Waals surface area contributed by atoms with Crippen LogP contribution in [0.15, 0.2) is 17.7 Å². The molecule has 0 atom stereocenters. The second-order valence-electron chi connectivity index (χ2n) is 1.84. The third-order valence-electron chi connectivity index (χ3n) is 0.881. The van der Waals surface area contributed by atoms with Crippen LogP contribution in [0, 0.1) is 0 Å². The fourth-order valence-electron chi connectivity index (χ4n) is 0.366. The predicted octanol–water partition coefficient (Wildman–Crippen LogP) is 0.909. The Bertz CT molecular complexity index is 195. The van der Waals surface area contributed by atoms with Gasteiger partial charge < -0.3 is 0 Å². The van der Waals surface area contributed by atoms with Crippen LogP contribution in [-0.2, 0) is 9.59 Å². The van der Waals surface area contributed by atoms with Crippen molar-refractivity contribution in [2.75, 3.05) is 0 Å². The summed E-state index contributed by atoms with van der Waals surface area (Å²) in [6, 6.07) is 0. The number of ketones is 1. The zero-order chi connectivity index (χ0) is 7.44. The van der Waals surface area contributed by atoms with Gasteiger partial charge in [0.15, 0.2) is 5.78 Å². The van der Waals surface area contributed by atoms with Crippen LogP contribution in [0.5, 0.6) is 0 Å². The molecule has 48 valence electrons. The molecule has 0 heterocycles. The van der Waals surface area contributed by atoms with E-state index in [4.69, 9.17) is 0 Å². The molecule has 0 radical (unpaired) electrons. The van der Waals surface area contributed by atoms with Crippen molar-refractivity contribution in [3.63, 3.8) is 0 Å². The first-order valence-corrected chi connectivity index (χ1v) is 2.51. The highest BCUT2D eigenvalue weighted by atomic mass is 16.1. The van der Waals surface area contributed by atoms with Gasteiger partial charge in [-0.3, -0.25) is 4.79 Å². The van der Waals surface area contributed by atoms with Crippen LogP contribution in [0.25, 0.3) is 0 Å². The minimum absolute atomic E-state index is 0.0856. The molecule has 0 saturated heterocycles. The fraction of sp³-hybridized carbons (Fsp3) is 0.286. The van der Waals surface area contributed by atoms with Gasteiger partial charge in [0.05, 0.1) is 5.57 Å². The second-order valence-corrected chi connectivity index (χ2v) is 1.84. The summed E-state index contributed by atoms with van der Waals surface area (Å²) in [4.78, 5) is 20.5. The van der Waals surface area contributed by atoms with Crippen LogP contribution in [0.1, 0.15) is 13.8 Å². The topological polar surface area (TPSA) is 34.1 Å². The van der Waals surface area contributed by atoms with Gasteiger partial charge in [-0.15, -0.1) is 0 Å². The van der Waals surface area contributed by atoms with Crippen LogP contribution in [-0.4, -0.2) is 11.7 Å². The van der Waals surface area contributed by atoms with Crippen molar-refractivity contribution in [1.82, 2.24) is 0 Å². The van der Waals surface area contributed by atoms with E-state index in [1.54, 1.807) is 6.92 Å². The second kappa shape index (κ2) is 3.00. The van der Waals surface area contributed by atoms with Crippen LogP contribution < -0.4 is 0 Å². The molecule has 0 aliphatic carbocycles. The largest absolute Gasteiger partial charge is 0.289 e. The van der Waals surface area contributed by atoms with Gasteiger partial charge in [0.25, 0.3) is 0 Å². The molecule has 0 unspecified atom stereocenters. The van der Waals surface area contributed by atoms with Gasteiger partial charge in [0.1, 0.15) is 5.94 Å². The summed E-state index contributed by atoms with van der Waals surface area (Å²) in [5, 5.41) is 0. The Morgan fingerprint density at radius 1 is 1.44 bits per heavy atom. The van der Waals surface area contributed by atoms with Crippen molar-refractivity contribution >= 4 is 11.7 Å². The molecule has 0 aliphatic rings. The van der Waals surface area contributed by atoms with E-state index in [9.17, 15) is 9.59 Å². The van der Waals surface area contributed by atoms with E-state index in [1.165, 1.54) is 12.9 Å². The summed E-state index contributed by atoms with van der Waals surface area (Å²) in [5.74, 6) is 1.19. The number of hydrogen-bond acceptors (Lipinski definition) is 2. The van der Waals surface area contributed by atoms with Gasteiger partial charge in [0.2, 0.25) is 0 Å². The zero-order valence-corrected chi connectivity index (χ0v) is 5.52. The van der Waals surface area contributed by atoms with E-state index in [-0.39, 0.29) is 11.4 Å². The quantitative estimate of drug-likeness (QED) is 0.405. The SMILES string of the molecule is C=C(C)C(=O)C(C)=C=O. The molecular formula is C7H8O2. The maximum Gasteiger partial charge on any atom is 0.194 e. The lowest BCUT2D eigenvalue weighted by Crippen LogP contribution is -1.99. The maximum absolute atomic E-state index is 10.7. The first kappa shape index (κ1) is 7.86. The smallest absolute Gasteiger partial charge is 0.194 e. The van der Waals surface area contributed by atoms with E-state index < -0.39 is 0 Å². The first-order valence-electron chi connectivity index (χ1n) is 2.51. The van der Waals surface area contributed by atoms with Crippen molar-refractivity contribution in [3.05, 3.63) is 17.7 Å². The highest BCUT2D eigenvalue weighted by Crippen LogP contribution is 1.97. The van der Waals surface area contributed by atoms with Gasteiger partial charge >= 0.3 is 0 Å². The van der Waals surface area contributed by atoms with E-state index in [1.807, 2.05) is 0 Å². The van der Waals surface area contributed by atoms with Crippen molar-refractivity contribution in [1.29, 1.82) is 0 Å². The van der Waals surface area contributed by atoms with E-state index in [2.05, 4.69) is 6.58 Å². The molecule has 9 heavy (non-hydrogen) atoms. The summed E-state index contributed by atoms with van der Waals surface area (Å²) >= 11 is 0. The first-order chi connectivity index (χ1) is 4.09. The molecule has 0 amide bonds. The zero-order valence-electron chi connectivity index (χ0n) is 5.52. The summed E-state index contributed by atoms with van der Waals surface area (Å²) in [5.41, 5.74) is 0.457. The molecule has 0 rings (SSSR count). The van der Waals surface area contributed by atoms with Crippen LogP contribution in [0.4, 0.5) is 0 Å². The number of allylic oxidation sites excluding steroid dienone is 2. The molecule has 0 spiro atoms. The number of rotatable bonds is 2. The van der Waals surface area contributed by atoms with Crippen molar-refractivity contribution in [2.24, 2.45) is 0 Å². The minimum atomic E-state index is -0.315. The summed E-state index contributed by atoms with van der Waals surface area (Å²) in [6.07, 6.45) is 0. The lowest BCUT2D eigenvalue weighted by Gasteiger charge is -1.90. The molecule has 0 aromatic rings. The highest BCUT2D eigenvalue weighted by Gasteiger charge is 2.03. The van der Waals surface area contributed by atoms with E-state index in [0.29, 0.717) is 5.57 Å². The Labute approximate surface area is 53.9 Å². The average Bonchev–Trinajstić information content (AvgIpc) is 1.84. The highest BCUT2D eigenvalue weighted by molar-refractivity contribution is 6.11. The Morgan fingerprint density at radius 2 is 1.89 bits per heavy atom. The van der Waals surface area contributed by atoms with Crippen LogP contribution >= 0.6 is 0 Å². The van der Waals surface area contributed by atoms with Crippen molar-refractivity contribution in [2.45, 2.75) is 13.8 Å². The van der Waals surface area contributed by atoms with E-state index >= 15 is 0 Å². The predicted molar refractivity (Wildman–Crippen MR) is 34.7 cm³/mol. The fourth-order valence-corrected chi connectivity index (χ4v) is 0.366. The molecule has 2 nitrogen and oxygen atoms in total. The molecule has 0 fully saturated rings. The molecule has 0 bridgehead atoms. The van der Waals surface area contributed by atoms with Gasteiger partial charge in [-0.05, 0) is 19.4 Å². The van der Waals surface area contributed by atoms with Gasteiger partial charge in [-0.2, -0.15) is 0 Å². The van der Waals surface area contributed by atoms with Crippen LogP contribution in [0.3, 0.4) is 0 Å². The Balaban J connectivity index is 4.42. The molecule has 0 aliphatic heterocycles. The minimum Gasteiger partial charge on any atom is -0.289 e. The number of carbonyl (C=O) groups is 1. The summed E-state index contributed by atoms with van der Waals surface area (Å²) in [6.45, 7) is 6.35. The van der Waals surface area contributed by atoms with Crippen molar-refractivity contribution in [3.8, 4) is 0 Å². The Kier molecular flexibility index (Phi) is 2.62. The molecule has 0 saturated carbocycles. The van der Waals surface area contributed by atoms with Gasteiger partial charge in [-0.1, -0.05) is 6.58 Å². The maximum atomic E-state index is 10.7. The van der Waals surface area contributed by atoms with Crippen molar-refractivity contribution < 1.29 is 9.59 Å². The monoisotopic (exact) mass is 124 g/mol. The van der Waals surface area contributed by atoms with E-state index in [0.717, 1.165) is 0 Å². The summed E-state index contributed by atoms with van der Waals surface area (Å²) in [7, 11) is 0. The molecular weight excluding hydrogens is 116 g/mol. The van der Waals surface area contributed by atoms with Gasteiger partial charge in [0, 0.05) is 0 Å². The Morgan fingerprint density at radius 3 is 2.00 bits per heavy atom. The van der Waals surface area contributed by atoms with Crippen LogP contribution in [0.2, 0.25) is 0 Å². The molecule has 0 N–H and O–H groups in total. The average molecular weight is 124 g/mol. The third kappa shape index (κ3) is 2.06. The standard InChI is InChI=1S/C7H8O2/c1-5(2)7(9)6(3)4-8/h1H2,2-3H3. The third-order valence-corrected chi connectivity index (χ3v) is 0.881. The van der Waals surface area contributed by atoms with Gasteiger partial charge in [-0.25, -0.2) is 4.79 Å². The Hall–Kier alpha value is -1.14. The lowest BCUT2D eigenvalue weighted by molar-refractivity contribution is -0.112. The number of hydrogen-bond donors (Lipinski definition) is 0. The molecule has 0 aromatic heterocycles. The number of carbonyl (C=O) groups excluding carboxylic acids is 2. The summed E-state index contributed by atoms with van der Waals surface area (Å²) < 4.78 is 0. The number of Topliss-reactive ketones (excluding diaryl/α,β-unsaturated/α-hetero) is 1.